The molecule has 132 valence electrons. The van der Waals surface area contributed by atoms with Gasteiger partial charge in [0.1, 0.15) is 11.4 Å². The average molecular weight is 354 g/mol. The van der Waals surface area contributed by atoms with E-state index in [-0.39, 0.29) is 11.5 Å². The van der Waals surface area contributed by atoms with Crippen LogP contribution in [0.2, 0.25) is 5.02 Å². The molecule has 1 spiro atoms. The average Bonchev–Trinajstić information content (AvgIpc) is 2.57. The van der Waals surface area contributed by atoms with Crippen molar-refractivity contribution in [1.29, 1.82) is 0 Å². The highest BCUT2D eigenvalue weighted by atomic mass is 35.5. The van der Waals surface area contributed by atoms with Crippen LogP contribution in [0.15, 0.2) is 24.3 Å². The second kappa shape index (κ2) is 6.90. The number of carbonyl (C=O) groups is 1. The van der Waals surface area contributed by atoms with Crippen molar-refractivity contribution in [3.05, 3.63) is 29.3 Å². The van der Waals surface area contributed by atoms with Gasteiger partial charge in [-0.3, -0.25) is 4.79 Å². The summed E-state index contributed by atoms with van der Waals surface area (Å²) in [6.45, 7) is 6.58. The molecule has 0 aromatic heterocycles. The molecule has 1 amide bonds. The van der Waals surface area contributed by atoms with Crippen molar-refractivity contribution in [3.63, 3.8) is 0 Å². The van der Waals surface area contributed by atoms with Crippen molar-refractivity contribution < 1.29 is 19.0 Å². The van der Waals surface area contributed by atoms with Crippen molar-refractivity contribution in [2.24, 2.45) is 0 Å². The van der Waals surface area contributed by atoms with Gasteiger partial charge in [-0.1, -0.05) is 11.6 Å². The first kappa shape index (κ1) is 17.5. The Bertz CT molecular complexity index is 576. The molecule has 0 bridgehead atoms. The Morgan fingerprint density at radius 1 is 1.29 bits per heavy atom. The van der Waals surface area contributed by atoms with Crippen LogP contribution in [0.25, 0.3) is 0 Å². The van der Waals surface area contributed by atoms with Crippen molar-refractivity contribution in [2.75, 3.05) is 32.9 Å². The van der Waals surface area contributed by atoms with Crippen LogP contribution in [0.5, 0.6) is 5.75 Å². The highest BCUT2D eigenvalue weighted by Crippen LogP contribution is 2.29. The fourth-order valence-corrected chi connectivity index (χ4v) is 3.43. The maximum absolute atomic E-state index is 13.0. The molecule has 6 heteroatoms. The fourth-order valence-electron chi connectivity index (χ4n) is 3.31. The molecule has 0 saturated carbocycles. The number of morpholine rings is 1. The topological polar surface area (TPSA) is 48.0 Å². The second-order valence-corrected chi connectivity index (χ2v) is 7.42. The minimum absolute atomic E-state index is 0.0364. The zero-order chi connectivity index (χ0) is 17.2. The number of hydrogen-bond donors (Lipinski definition) is 0. The van der Waals surface area contributed by atoms with Gasteiger partial charge in [0.2, 0.25) is 0 Å². The normalized spacial score (nSPS) is 24.9. The lowest BCUT2D eigenvalue weighted by Gasteiger charge is -2.46. The van der Waals surface area contributed by atoms with Gasteiger partial charge in [-0.15, -0.1) is 0 Å². The van der Waals surface area contributed by atoms with E-state index in [4.69, 9.17) is 25.8 Å². The summed E-state index contributed by atoms with van der Waals surface area (Å²) in [5.41, 5.74) is -1.32. The molecule has 24 heavy (non-hydrogen) atoms. The number of hydrogen-bond acceptors (Lipinski definition) is 4. The molecule has 1 atom stereocenters. The van der Waals surface area contributed by atoms with Crippen LogP contribution >= 0.6 is 11.6 Å². The summed E-state index contributed by atoms with van der Waals surface area (Å²) in [6.07, 6.45) is 1.89. The number of rotatable bonds is 3. The van der Waals surface area contributed by atoms with Crippen LogP contribution in [0.3, 0.4) is 0 Å². The van der Waals surface area contributed by atoms with Gasteiger partial charge in [-0.25, -0.2) is 0 Å². The van der Waals surface area contributed by atoms with Gasteiger partial charge in [-0.2, -0.15) is 0 Å². The Morgan fingerprint density at radius 2 is 2.04 bits per heavy atom. The highest BCUT2D eigenvalue weighted by Gasteiger charge is 2.43. The van der Waals surface area contributed by atoms with Crippen molar-refractivity contribution in [1.82, 2.24) is 4.90 Å². The summed E-state index contributed by atoms with van der Waals surface area (Å²) in [5, 5.41) is 0.638. The summed E-state index contributed by atoms with van der Waals surface area (Å²) in [4.78, 5) is 14.8. The number of ether oxygens (including phenoxy) is 3. The first-order chi connectivity index (χ1) is 11.4. The molecule has 1 aromatic carbocycles. The molecule has 0 N–H and O–H groups in total. The highest BCUT2D eigenvalue weighted by molar-refractivity contribution is 6.30. The van der Waals surface area contributed by atoms with Gasteiger partial charge < -0.3 is 19.1 Å². The Labute approximate surface area is 147 Å². The molecule has 2 aliphatic rings. The largest absolute Gasteiger partial charge is 0.478 e. The zero-order valence-electron chi connectivity index (χ0n) is 14.2. The molecule has 2 aliphatic heterocycles. The summed E-state index contributed by atoms with van der Waals surface area (Å²) < 4.78 is 17.5. The van der Waals surface area contributed by atoms with E-state index in [1.54, 1.807) is 38.1 Å². The molecule has 2 saturated heterocycles. The van der Waals surface area contributed by atoms with E-state index in [1.165, 1.54) is 0 Å². The fraction of sp³-hybridized carbons (Fsp3) is 0.611. The lowest BCUT2D eigenvalue weighted by atomic mass is 9.93. The number of nitrogens with zero attached hydrogens (tertiary/aromatic N) is 1. The molecule has 1 aromatic rings. The Kier molecular flexibility index (Phi) is 5.04. The number of amides is 1. The lowest BCUT2D eigenvalue weighted by Crippen LogP contribution is -2.61. The number of halogens is 1. The molecule has 0 aliphatic carbocycles. The van der Waals surface area contributed by atoms with Crippen molar-refractivity contribution in [2.45, 2.75) is 37.9 Å². The van der Waals surface area contributed by atoms with Crippen molar-refractivity contribution in [3.8, 4) is 5.75 Å². The second-order valence-electron chi connectivity index (χ2n) is 6.98. The predicted molar refractivity (Wildman–Crippen MR) is 91.5 cm³/mol. The summed E-state index contributed by atoms with van der Waals surface area (Å²) >= 11 is 5.89. The number of benzene rings is 1. The predicted octanol–water partition coefficient (Wildman–Crippen LogP) is 2.91. The summed E-state index contributed by atoms with van der Waals surface area (Å²) in [5.74, 6) is 0.590. The lowest BCUT2D eigenvalue weighted by molar-refractivity contribution is -0.183. The standard InChI is InChI=1S/C18H24ClNO4/c1-17(2,24-15-6-4-14(19)5-7-15)16(21)20-9-11-23-18(12-20)8-3-10-22-13-18/h4-7H,3,8-13H2,1-2H3. The monoisotopic (exact) mass is 353 g/mol. The van der Waals surface area contributed by atoms with Gasteiger partial charge >= 0.3 is 0 Å². The molecule has 2 fully saturated rings. The molecular weight excluding hydrogens is 330 g/mol. The summed E-state index contributed by atoms with van der Waals surface area (Å²) in [7, 11) is 0. The zero-order valence-corrected chi connectivity index (χ0v) is 15.0. The van der Waals surface area contributed by atoms with Crippen LogP contribution in [-0.4, -0.2) is 54.9 Å². The van der Waals surface area contributed by atoms with Gasteiger partial charge in [0.25, 0.3) is 5.91 Å². The van der Waals surface area contributed by atoms with E-state index in [1.807, 2.05) is 4.90 Å². The van der Waals surface area contributed by atoms with Crippen LogP contribution in [0.1, 0.15) is 26.7 Å². The third-order valence-electron chi connectivity index (χ3n) is 4.52. The Morgan fingerprint density at radius 3 is 2.71 bits per heavy atom. The van der Waals surface area contributed by atoms with Gasteiger partial charge in [-0.05, 0) is 51.0 Å². The van der Waals surface area contributed by atoms with E-state index >= 15 is 0 Å². The molecule has 5 nitrogen and oxygen atoms in total. The Hall–Kier alpha value is -1.30. The molecule has 3 rings (SSSR count). The van der Waals surface area contributed by atoms with Crippen LogP contribution in [0, 0.1) is 0 Å². The van der Waals surface area contributed by atoms with Gasteiger partial charge in [0.15, 0.2) is 5.60 Å². The molecule has 0 radical (unpaired) electrons. The number of carbonyl (C=O) groups excluding carboxylic acids is 1. The smallest absolute Gasteiger partial charge is 0.266 e. The third kappa shape index (κ3) is 3.85. The Balaban J connectivity index is 1.68. The van der Waals surface area contributed by atoms with E-state index in [0.717, 1.165) is 19.4 Å². The van der Waals surface area contributed by atoms with Gasteiger partial charge in [0, 0.05) is 18.2 Å². The van der Waals surface area contributed by atoms with Crippen LogP contribution in [-0.2, 0) is 14.3 Å². The van der Waals surface area contributed by atoms with E-state index in [9.17, 15) is 4.79 Å². The quantitative estimate of drug-likeness (QED) is 0.838. The molecule has 1 unspecified atom stereocenters. The first-order valence-electron chi connectivity index (χ1n) is 8.36. The third-order valence-corrected chi connectivity index (χ3v) is 4.78. The SMILES string of the molecule is CC(C)(Oc1ccc(Cl)cc1)C(=O)N1CCOC2(CCCOC2)C1. The minimum Gasteiger partial charge on any atom is -0.478 e. The molecule has 2 heterocycles. The first-order valence-corrected chi connectivity index (χ1v) is 8.74. The van der Waals surface area contributed by atoms with Crippen molar-refractivity contribution >= 4 is 17.5 Å². The molecular formula is C18H24ClNO4. The van der Waals surface area contributed by atoms with E-state index in [2.05, 4.69) is 0 Å². The minimum atomic E-state index is -0.956. The van der Waals surface area contributed by atoms with E-state index in [0.29, 0.717) is 37.1 Å². The maximum atomic E-state index is 13.0. The maximum Gasteiger partial charge on any atom is 0.266 e. The summed E-state index contributed by atoms with van der Waals surface area (Å²) in [6, 6.07) is 7.04. The van der Waals surface area contributed by atoms with Crippen LogP contribution < -0.4 is 4.74 Å². The van der Waals surface area contributed by atoms with Gasteiger partial charge in [0.05, 0.1) is 19.8 Å². The van der Waals surface area contributed by atoms with Crippen LogP contribution in [0.4, 0.5) is 0 Å². The van der Waals surface area contributed by atoms with E-state index < -0.39 is 5.60 Å².